The first-order valence-corrected chi connectivity index (χ1v) is 10.7. The van der Waals surface area contributed by atoms with Crippen molar-refractivity contribution in [1.29, 1.82) is 0 Å². The molecule has 3 aromatic carbocycles. The van der Waals surface area contributed by atoms with E-state index in [1.165, 1.54) is 14.2 Å². The zero-order valence-electron chi connectivity index (χ0n) is 18.3. The standard InChI is InChI=1S/C26H22ClNO5/c1-15-19-14-18(28-26(30)23(27)16-7-5-4-6-8-16)10-12-20(19)33-25(15)24(29)17-9-11-21(31-2)22(13-17)32-3/h4-14,23H,1-3H3,(H,28,30). The molecule has 1 aromatic heterocycles. The molecule has 168 valence electrons. The summed E-state index contributed by atoms with van der Waals surface area (Å²) >= 11 is 6.32. The first kappa shape index (κ1) is 22.4. The number of alkyl halides is 1. The number of carbonyl (C=O) groups excluding carboxylic acids is 2. The Hall–Kier alpha value is -3.77. The highest BCUT2D eigenvalue weighted by atomic mass is 35.5. The maximum absolute atomic E-state index is 13.1. The van der Waals surface area contributed by atoms with Crippen LogP contribution >= 0.6 is 11.6 Å². The van der Waals surface area contributed by atoms with Crippen molar-refractivity contribution in [2.75, 3.05) is 19.5 Å². The number of aryl methyl sites for hydroxylation is 1. The van der Waals surface area contributed by atoms with Gasteiger partial charge in [-0.3, -0.25) is 9.59 Å². The molecule has 4 rings (SSSR count). The first-order chi connectivity index (χ1) is 15.9. The topological polar surface area (TPSA) is 77.8 Å². The van der Waals surface area contributed by atoms with Gasteiger partial charge in [0.05, 0.1) is 14.2 Å². The fourth-order valence-electron chi connectivity index (χ4n) is 3.60. The van der Waals surface area contributed by atoms with Gasteiger partial charge in [-0.15, -0.1) is 11.6 Å². The third-order valence-electron chi connectivity index (χ3n) is 5.38. The number of nitrogens with one attached hydrogen (secondary N) is 1. The minimum Gasteiger partial charge on any atom is -0.493 e. The molecule has 0 bridgehead atoms. The second-order valence-electron chi connectivity index (χ2n) is 7.43. The quantitative estimate of drug-likeness (QED) is 0.272. The van der Waals surface area contributed by atoms with Gasteiger partial charge in [-0.1, -0.05) is 30.3 Å². The van der Waals surface area contributed by atoms with Gasteiger partial charge in [0.1, 0.15) is 11.0 Å². The lowest BCUT2D eigenvalue weighted by Crippen LogP contribution is -2.17. The molecule has 0 aliphatic heterocycles. The van der Waals surface area contributed by atoms with Crippen molar-refractivity contribution in [2.45, 2.75) is 12.3 Å². The van der Waals surface area contributed by atoms with E-state index in [-0.39, 0.29) is 17.5 Å². The number of methoxy groups -OCH3 is 2. The molecule has 4 aromatic rings. The molecule has 1 amide bonds. The number of benzene rings is 3. The summed E-state index contributed by atoms with van der Waals surface area (Å²) in [5.74, 6) is 0.588. The Bertz CT molecular complexity index is 1330. The Labute approximate surface area is 196 Å². The lowest BCUT2D eigenvalue weighted by atomic mass is 10.0. The van der Waals surface area contributed by atoms with Crippen LogP contribution in [0.3, 0.4) is 0 Å². The number of hydrogen-bond donors (Lipinski definition) is 1. The molecule has 1 atom stereocenters. The van der Waals surface area contributed by atoms with Crippen LogP contribution in [0.1, 0.15) is 32.6 Å². The smallest absolute Gasteiger partial charge is 0.246 e. The Kier molecular flexibility index (Phi) is 6.38. The van der Waals surface area contributed by atoms with E-state index in [0.717, 1.165) is 5.39 Å². The van der Waals surface area contributed by atoms with E-state index < -0.39 is 5.38 Å². The van der Waals surface area contributed by atoms with Crippen LogP contribution in [-0.4, -0.2) is 25.9 Å². The molecule has 33 heavy (non-hydrogen) atoms. The number of hydrogen-bond acceptors (Lipinski definition) is 5. The van der Waals surface area contributed by atoms with Crippen molar-refractivity contribution < 1.29 is 23.5 Å². The maximum atomic E-state index is 13.1. The average molecular weight is 464 g/mol. The third-order valence-corrected chi connectivity index (χ3v) is 5.83. The summed E-state index contributed by atoms with van der Waals surface area (Å²) in [6, 6.07) is 19.3. The van der Waals surface area contributed by atoms with Gasteiger partial charge in [0.15, 0.2) is 17.3 Å². The van der Waals surface area contributed by atoms with Gasteiger partial charge >= 0.3 is 0 Å². The summed E-state index contributed by atoms with van der Waals surface area (Å²) in [5.41, 5.74) is 2.89. The highest BCUT2D eigenvalue weighted by Crippen LogP contribution is 2.33. The summed E-state index contributed by atoms with van der Waals surface area (Å²) < 4.78 is 16.4. The molecular weight excluding hydrogens is 442 g/mol. The molecule has 7 heteroatoms. The van der Waals surface area contributed by atoms with Crippen molar-refractivity contribution in [3.8, 4) is 11.5 Å². The Morgan fingerprint density at radius 1 is 0.939 bits per heavy atom. The minimum absolute atomic E-state index is 0.222. The molecule has 1 unspecified atom stereocenters. The van der Waals surface area contributed by atoms with Gasteiger partial charge in [-0.2, -0.15) is 0 Å². The zero-order chi connectivity index (χ0) is 23.5. The van der Waals surface area contributed by atoms with Crippen LogP contribution in [0.4, 0.5) is 5.69 Å². The molecule has 0 aliphatic rings. The van der Waals surface area contributed by atoms with Crippen LogP contribution in [0.15, 0.2) is 71.1 Å². The number of ether oxygens (including phenoxy) is 2. The summed E-state index contributed by atoms with van der Waals surface area (Å²) in [6.45, 7) is 1.81. The van der Waals surface area contributed by atoms with Crippen LogP contribution in [0.5, 0.6) is 11.5 Å². The lowest BCUT2D eigenvalue weighted by molar-refractivity contribution is -0.116. The van der Waals surface area contributed by atoms with Crippen molar-refractivity contribution in [2.24, 2.45) is 0 Å². The van der Waals surface area contributed by atoms with Crippen molar-refractivity contribution in [3.63, 3.8) is 0 Å². The van der Waals surface area contributed by atoms with Gasteiger partial charge in [0, 0.05) is 22.2 Å². The minimum atomic E-state index is -0.825. The highest BCUT2D eigenvalue weighted by molar-refractivity contribution is 6.32. The van der Waals surface area contributed by atoms with Crippen LogP contribution in [0, 0.1) is 6.92 Å². The summed E-state index contributed by atoms with van der Waals surface area (Å²) in [7, 11) is 3.04. The SMILES string of the molecule is COc1ccc(C(=O)c2oc3ccc(NC(=O)C(Cl)c4ccccc4)cc3c2C)cc1OC. The van der Waals surface area contributed by atoms with E-state index in [0.29, 0.717) is 39.5 Å². The number of rotatable bonds is 7. The monoisotopic (exact) mass is 463 g/mol. The van der Waals surface area contributed by atoms with E-state index in [9.17, 15) is 9.59 Å². The maximum Gasteiger partial charge on any atom is 0.246 e. The zero-order valence-corrected chi connectivity index (χ0v) is 19.1. The Morgan fingerprint density at radius 2 is 1.67 bits per heavy atom. The van der Waals surface area contributed by atoms with Crippen molar-refractivity contribution >= 4 is 39.9 Å². The van der Waals surface area contributed by atoms with E-state index in [4.69, 9.17) is 25.5 Å². The number of carbonyl (C=O) groups is 2. The number of furan rings is 1. The lowest BCUT2D eigenvalue weighted by Gasteiger charge is -2.11. The molecule has 0 saturated heterocycles. The van der Waals surface area contributed by atoms with E-state index in [1.54, 1.807) is 55.5 Å². The molecule has 1 N–H and O–H groups in total. The molecule has 0 fully saturated rings. The average Bonchev–Trinajstić information content (AvgIpc) is 3.18. The van der Waals surface area contributed by atoms with Crippen LogP contribution < -0.4 is 14.8 Å². The molecule has 0 aliphatic carbocycles. The number of ketones is 1. The third kappa shape index (κ3) is 4.43. The highest BCUT2D eigenvalue weighted by Gasteiger charge is 2.22. The second-order valence-corrected chi connectivity index (χ2v) is 7.86. The van der Waals surface area contributed by atoms with Gasteiger partial charge < -0.3 is 19.2 Å². The molecule has 0 saturated carbocycles. The fraction of sp³-hybridized carbons (Fsp3) is 0.154. The molecule has 6 nitrogen and oxygen atoms in total. The summed E-state index contributed by atoms with van der Waals surface area (Å²) in [5, 5.41) is 2.73. The van der Waals surface area contributed by atoms with Gasteiger partial charge in [0.25, 0.3) is 0 Å². The normalized spacial score (nSPS) is 11.8. The molecule has 0 spiro atoms. The number of fused-ring (bicyclic) bond motifs is 1. The molecular formula is C26H22ClNO5. The predicted octanol–water partition coefficient (Wildman–Crippen LogP) is 5.91. The van der Waals surface area contributed by atoms with Crippen molar-refractivity contribution in [3.05, 3.63) is 89.2 Å². The van der Waals surface area contributed by atoms with Gasteiger partial charge in [0.2, 0.25) is 11.7 Å². The number of anilines is 1. The first-order valence-electron chi connectivity index (χ1n) is 10.2. The van der Waals surface area contributed by atoms with Crippen LogP contribution in [0.2, 0.25) is 0 Å². The Balaban J connectivity index is 1.61. The summed E-state index contributed by atoms with van der Waals surface area (Å²) in [4.78, 5) is 25.7. The molecule has 0 radical (unpaired) electrons. The van der Waals surface area contributed by atoms with Gasteiger partial charge in [-0.05, 0) is 48.9 Å². The summed E-state index contributed by atoms with van der Waals surface area (Å²) in [6.07, 6.45) is 0. The number of halogens is 1. The molecule has 1 heterocycles. The fourth-order valence-corrected chi connectivity index (χ4v) is 3.80. The second kappa shape index (κ2) is 9.38. The van der Waals surface area contributed by atoms with E-state index in [2.05, 4.69) is 5.32 Å². The largest absolute Gasteiger partial charge is 0.493 e. The van der Waals surface area contributed by atoms with Crippen molar-refractivity contribution in [1.82, 2.24) is 0 Å². The predicted molar refractivity (Wildman–Crippen MR) is 128 cm³/mol. The number of amides is 1. The van der Waals surface area contributed by atoms with E-state index in [1.807, 2.05) is 18.2 Å². The van der Waals surface area contributed by atoms with Crippen LogP contribution in [-0.2, 0) is 4.79 Å². The Morgan fingerprint density at radius 3 is 2.36 bits per heavy atom. The van der Waals surface area contributed by atoms with E-state index >= 15 is 0 Å². The van der Waals surface area contributed by atoms with Gasteiger partial charge in [-0.25, -0.2) is 0 Å². The van der Waals surface area contributed by atoms with Crippen LogP contribution in [0.25, 0.3) is 11.0 Å².